The van der Waals surface area contributed by atoms with Crippen molar-refractivity contribution in [1.29, 1.82) is 0 Å². The number of nitrogens with zero attached hydrogens (tertiary/aromatic N) is 2. The molecule has 1 aromatic heterocycles. The largest absolute Gasteiger partial charge is 0.394 e. The fourth-order valence-electron chi connectivity index (χ4n) is 3.01. The number of anilines is 1. The van der Waals surface area contributed by atoms with Crippen LogP contribution >= 0.6 is 11.3 Å². The van der Waals surface area contributed by atoms with Crippen molar-refractivity contribution in [3.05, 3.63) is 45.9 Å². The summed E-state index contributed by atoms with van der Waals surface area (Å²) in [5.74, 6) is -0.187. The molecule has 0 radical (unpaired) electrons. The van der Waals surface area contributed by atoms with Gasteiger partial charge in [0.2, 0.25) is 15.9 Å². The van der Waals surface area contributed by atoms with E-state index in [0.29, 0.717) is 12.2 Å². The minimum atomic E-state index is -3.36. The molecule has 1 amide bonds. The van der Waals surface area contributed by atoms with Crippen molar-refractivity contribution < 1.29 is 23.1 Å². The van der Waals surface area contributed by atoms with Crippen molar-refractivity contribution >= 4 is 33.0 Å². The minimum Gasteiger partial charge on any atom is -0.394 e. The Bertz CT molecular complexity index is 911. The third-order valence-corrected chi connectivity index (χ3v) is 5.87. The first-order chi connectivity index (χ1) is 12.8. The molecule has 2 N–H and O–H groups in total. The number of thiazole rings is 1. The summed E-state index contributed by atoms with van der Waals surface area (Å²) in [6.45, 7) is 1.92. The Kier molecular flexibility index (Phi) is 5.80. The van der Waals surface area contributed by atoms with E-state index in [9.17, 15) is 18.3 Å². The highest BCUT2D eigenvalue weighted by atomic mass is 32.2. The maximum atomic E-state index is 12.4. The molecule has 1 aromatic carbocycles. The van der Waals surface area contributed by atoms with Gasteiger partial charge in [-0.3, -0.25) is 9.52 Å². The average Bonchev–Trinajstić information content (AvgIpc) is 3.01. The Morgan fingerprint density at radius 2 is 2.07 bits per heavy atom. The molecule has 1 aliphatic heterocycles. The summed E-state index contributed by atoms with van der Waals surface area (Å²) >= 11 is 1.47. The second-order valence-corrected chi connectivity index (χ2v) is 9.05. The number of rotatable bonds is 6. The molecule has 0 spiro atoms. The fraction of sp³-hybridized carbons (Fsp3) is 0.412. The van der Waals surface area contributed by atoms with E-state index >= 15 is 0 Å². The molecule has 0 unspecified atom stereocenters. The van der Waals surface area contributed by atoms with Crippen molar-refractivity contribution in [3.8, 4) is 0 Å². The number of amides is 1. The standard InChI is InChI=1S/C17H21N3O5S2/c1-11-15(26-10-18-11)7-20-14(8-21)17(25-9-16(20)22)12-3-5-13(6-4-12)19-27(2,23)24/h3-6,10,14,17,19,21H,7-9H2,1-2H3/t14-,17-/m1/s1. The molecule has 0 bridgehead atoms. The third kappa shape index (κ3) is 4.64. The van der Waals surface area contributed by atoms with Gasteiger partial charge in [-0.05, 0) is 24.6 Å². The predicted octanol–water partition coefficient (Wildman–Crippen LogP) is 1.28. The van der Waals surface area contributed by atoms with E-state index < -0.39 is 22.2 Å². The first-order valence-corrected chi connectivity index (χ1v) is 11.0. The van der Waals surface area contributed by atoms with Crippen LogP contribution in [0.3, 0.4) is 0 Å². The first-order valence-electron chi connectivity index (χ1n) is 8.27. The van der Waals surface area contributed by atoms with Gasteiger partial charge < -0.3 is 14.7 Å². The predicted molar refractivity (Wildman–Crippen MR) is 102 cm³/mol. The number of aryl methyl sites for hydroxylation is 1. The lowest BCUT2D eigenvalue weighted by Gasteiger charge is -2.40. The number of aromatic nitrogens is 1. The van der Waals surface area contributed by atoms with Gasteiger partial charge in [0.15, 0.2) is 0 Å². The van der Waals surface area contributed by atoms with Gasteiger partial charge in [-0.15, -0.1) is 11.3 Å². The van der Waals surface area contributed by atoms with Gasteiger partial charge in [0.05, 0.1) is 36.7 Å². The first kappa shape index (κ1) is 19.7. The summed E-state index contributed by atoms with van der Waals surface area (Å²) in [5, 5.41) is 9.94. The van der Waals surface area contributed by atoms with E-state index in [2.05, 4.69) is 9.71 Å². The monoisotopic (exact) mass is 411 g/mol. The Labute approximate surface area is 161 Å². The number of ether oxygens (including phenoxy) is 1. The highest BCUT2D eigenvalue weighted by Gasteiger charge is 2.37. The van der Waals surface area contributed by atoms with Crippen LogP contribution in [0.1, 0.15) is 22.2 Å². The number of carbonyl (C=O) groups excluding carboxylic acids is 1. The molecule has 8 nitrogen and oxygen atoms in total. The van der Waals surface area contributed by atoms with Crippen molar-refractivity contribution in [2.75, 3.05) is 24.2 Å². The van der Waals surface area contributed by atoms with Crippen LogP contribution in [0.4, 0.5) is 5.69 Å². The fourth-order valence-corrected chi connectivity index (χ4v) is 4.35. The molecule has 146 valence electrons. The number of hydrogen-bond donors (Lipinski definition) is 2. The van der Waals surface area contributed by atoms with E-state index in [4.69, 9.17) is 4.74 Å². The smallest absolute Gasteiger partial charge is 0.249 e. The van der Waals surface area contributed by atoms with Gasteiger partial charge in [0.1, 0.15) is 12.7 Å². The molecule has 1 aliphatic rings. The lowest BCUT2D eigenvalue weighted by molar-refractivity contribution is -0.161. The molecular formula is C17H21N3O5S2. The molecule has 10 heteroatoms. The van der Waals surface area contributed by atoms with Crippen molar-refractivity contribution in [3.63, 3.8) is 0 Å². The molecular weight excluding hydrogens is 390 g/mol. The quantitative estimate of drug-likeness (QED) is 0.741. The van der Waals surface area contributed by atoms with E-state index in [1.807, 2.05) is 6.92 Å². The van der Waals surface area contributed by atoms with Gasteiger partial charge in [-0.1, -0.05) is 12.1 Å². The van der Waals surface area contributed by atoms with E-state index in [1.165, 1.54) is 11.3 Å². The number of aliphatic hydroxyl groups is 1. The second-order valence-electron chi connectivity index (χ2n) is 6.36. The van der Waals surface area contributed by atoms with Crippen molar-refractivity contribution in [2.45, 2.75) is 25.6 Å². The lowest BCUT2D eigenvalue weighted by Crippen LogP contribution is -2.52. The van der Waals surface area contributed by atoms with Crippen LogP contribution in [-0.2, 0) is 26.1 Å². The molecule has 1 saturated heterocycles. The van der Waals surface area contributed by atoms with Crippen LogP contribution in [0.5, 0.6) is 0 Å². The number of nitrogens with one attached hydrogen (secondary N) is 1. The van der Waals surface area contributed by atoms with Crippen molar-refractivity contribution in [2.24, 2.45) is 0 Å². The maximum absolute atomic E-state index is 12.4. The van der Waals surface area contributed by atoms with Crippen LogP contribution in [0.15, 0.2) is 29.8 Å². The number of sulfonamides is 1. The minimum absolute atomic E-state index is 0.0810. The maximum Gasteiger partial charge on any atom is 0.249 e. The van der Waals surface area contributed by atoms with Crippen molar-refractivity contribution in [1.82, 2.24) is 9.88 Å². The summed E-state index contributed by atoms with van der Waals surface area (Å²) in [6.07, 6.45) is 0.575. The van der Waals surface area contributed by atoms with E-state index in [-0.39, 0.29) is 19.1 Å². The van der Waals surface area contributed by atoms with Gasteiger partial charge in [-0.2, -0.15) is 0 Å². The second kappa shape index (κ2) is 7.93. The third-order valence-electron chi connectivity index (χ3n) is 4.34. The number of hydrogen-bond acceptors (Lipinski definition) is 7. The molecule has 0 saturated carbocycles. The average molecular weight is 412 g/mol. The van der Waals surface area contributed by atoms with Crippen LogP contribution in [0, 0.1) is 6.92 Å². The zero-order chi connectivity index (χ0) is 19.6. The van der Waals surface area contributed by atoms with Gasteiger partial charge >= 0.3 is 0 Å². The number of carbonyl (C=O) groups is 1. The van der Waals surface area contributed by atoms with Gasteiger partial charge in [0.25, 0.3) is 0 Å². The summed E-state index contributed by atoms with van der Waals surface area (Å²) in [7, 11) is -3.36. The Morgan fingerprint density at radius 3 is 2.63 bits per heavy atom. The molecule has 27 heavy (non-hydrogen) atoms. The van der Waals surface area contributed by atoms with Crippen LogP contribution in [0.2, 0.25) is 0 Å². The molecule has 0 aliphatic carbocycles. The lowest BCUT2D eigenvalue weighted by atomic mass is 9.99. The normalized spacial score (nSPS) is 20.7. The molecule has 2 atom stereocenters. The van der Waals surface area contributed by atoms with E-state index in [1.54, 1.807) is 34.7 Å². The molecule has 2 heterocycles. The number of benzene rings is 1. The zero-order valence-electron chi connectivity index (χ0n) is 15.0. The molecule has 2 aromatic rings. The van der Waals surface area contributed by atoms with Gasteiger partial charge in [0, 0.05) is 10.6 Å². The van der Waals surface area contributed by atoms with Crippen LogP contribution in [0.25, 0.3) is 0 Å². The SMILES string of the molecule is Cc1ncsc1CN1C(=O)CO[C@H](c2ccc(NS(C)(=O)=O)cc2)[C@H]1CO. The topological polar surface area (TPSA) is 109 Å². The Balaban J connectivity index is 1.82. The summed E-state index contributed by atoms with van der Waals surface area (Å²) in [6, 6.07) is 6.17. The van der Waals surface area contributed by atoms with Crippen LogP contribution < -0.4 is 4.72 Å². The zero-order valence-corrected chi connectivity index (χ0v) is 16.6. The summed E-state index contributed by atoms with van der Waals surface area (Å²) in [5.41, 5.74) is 3.79. The summed E-state index contributed by atoms with van der Waals surface area (Å²) in [4.78, 5) is 19.2. The molecule has 3 rings (SSSR count). The number of aliphatic hydroxyl groups excluding tert-OH is 1. The van der Waals surface area contributed by atoms with E-state index in [0.717, 1.165) is 22.4 Å². The van der Waals surface area contributed by atoms with Crippen LogP contribution in [-0.4, -0.2) is 54.8 Å². The highest BCUT2D eigenvalue weighted by Crippen LogP contribution is 2.31. The van der Waals surface area contributed by atoms with Gasteiger partial charge in [-0.25, -0.2) is 13.4 Å². The summed E-state index contributed by atoms with van der Waals surface area (Å²) < 4.78 is 30.8. The Morgan fingerprint density at radius 1 is 1.37 bits per heavy atom. The number of morpholine rings is 1. The molecule has 1 fully saturated rings. The highest BCUT2D eigenvalue weighted by molar-refractivity contribution is 7.92. The Hall–Kier alpha value is -2.01.